The summed E-state index contributed by atoms with van der Waals surface area (Å²) in [6, 6.07) is 0.499. The van der Waals surface area contributed by atoms with Gasteiger partial charge in [-0.05, 0) is 51.9 Å². The first-order valence-corrected chi connectivity index (χ1v) is 6.06. The van der Waals surface area contributed by atoms with Crippen molar-refractivity contribution in [2.75, 3.05) is 20.6 Å². The number of aryl methyl sites for hydroxylation is 1. The molecule has 0 spiro atoms. The van der Waals surface area contributed by atoms with Crippen LogP contribution in [0.1, 0.15) is 35.8 Å². The molecule has 0 amide bonds. The molecule has 3 nitrogen and oxygen atoms in total. The van der Waals surface area contributed by atoms with Gasteiger partial charge < -0.3 is 15.1 Å². The Labute approximate surface area is 97.6 Å². The van der Waals surface area contributed by atoms with Crippen molar-refractivity contribution in [1.82, 2.24) is 4.90 Å². The minimum absolute atomic E-state index is 0.499. The van der Waals surface area contributed by atoms with Gasteiger partial charge >= 0.3 is 0 Å². The zero-order valence-corrected chi connectivity index (χ0v) is 10.5. The highest BCUT2D eigenvalue weighted by Crippen LogP contribution is 2.39. The maximum Gasteiger partial charge on any atom is 0.109 e. The molecule has 0 radical (unpaired) electrons. The van der Waals surface area contributed by atoms with Crippen LogP contribution in [0.5, 0.6) is 0 Å². The SMILES string of the molecule is Cc1coc2c1C(N(C)C)CC(CCN)C2. The van der Waals surface area contributed by atoms with Crippen LogP contribution in [0.25, 0.3) is 0 Å². The monoisotopic (exact) mass is 222 g/mol. The number of hydrogen-bond acceptors (Lipinski definition) is 3. The van der Waals surface area contributed by atoms with Crippen molar-refractivity contribution in [2.24, 2.45) is 11.7 Å². The van der Waals surface area contributed by atoms with E-state index in [1.165, 1.54) is 23.3 Å². The molecule has 3 heteroatoms. The van der Waals surface area contributed by atoms with E-state index in [9.17, 15) is 0 Å². The minimum atomic E-state index is 0.499. The Morgan fingerprint density at radius 2 is 2.25 bits per heavy atom. The van der Waals surface area contributed by atoms with E-state index >= 15 is 0 Å². The molecule has 0 aromatic carbocycles. The first-order chi connectivity index (χ1) is 7.63. The Hall–Kier alpha value is -0.800. The predicted octanol–water partition coefficient (Wildman–Crippen LogP) is 2.10. The maximum absolute atomic E-state index is 5.68. The lowest BCUT2D eigenvalue weighted by atomic mass is 9.81. The Morgan fingerprint density at radius 3 is 2.88 bits per heavy atom. The number of fused-ring (bicyclic) bond motifs is 1. The number of rotatable bonds is 3. The van der Waals surface area contributed by atoms with Crippen molar-refractivity contribution in [3.63, 3.8) is 0 Å². The summed E-state index contributed by atoms with van der Waals surface area (Å²) in [5.74, 6) is 1.86. The second-order valence-electron chi connectivity index (χ2n) is 5.12. The van der Waals surface area contributed by atoms with Crippen LogP contribution in [0.15, 0.2) is 10.7 Å². The van der Waals surface area contributed by atoms with E-state index in [4.69, 9.17) is 10.2 Å². The number of furan rings is 1. The highest BCUT2D eigenvalue weighted by Gasteiger charge is 2.31. The van der Waals surface area contributed by atoms with Gasteiger partial charge in [0.2, 0.25) is 0 Å². The third-order valence-corrected chi connectivity index (χ3v) is 3.67. The summed E-state index contributed by atoms with van der Waals surface area (Å²) in [7, 11) is 4.29. The van der Waals surface area contributed by atoms with Crippen molar-refractivity contribution in [2.45, 2.75) is 32.2 Å². The van der Waals surface area contributed by atoms with E-state index in [-0.39, 0.29) is 0 Å². The summed E-state index contributed by atoms with van der Waals surface area (Å²) >= 11 is 0. The van der Waals surface area contributed by atoms with Gasteiger partial charge in [0, 0.05) is 18.0 Å². The minimum Gasteiger partial charge on any atom is -0.469 e. The molecular formula is C13H22N2O. The van der Waals surface area contributed by atoms with Crippen LogP contribution in [0.3, 0.4) is 0 Å². The summed E-state index contributed by atoms with van der Waals surface area (Å²) in [6.07, 6.45) is 5.26. The summed E-state index contributed by atoms with van der Waals surface area (Å²) in [5.41, 5.74) is 8.37. The second-order valence-corrected chi connectivity index (χ2v) is 5.12. The van der Waals surface area contributed by atoms with Gasteiger partial charge in [-0.25, -0.2) is 0 Å². The highest BCUT2D eigenvalue weighted by atomic mass is 16.3. The van der Waals surface area contributed by atoms with Crippen molar-refractivity contribution in [3.8, 4) is 0 Å². The number of nitrogens with zero attached hydrogens (tertiary/aromatic N) is 1. The molecule has 1 aromatic heterocycles. The third kappa shape index (κ3) is 2.02. The molecule has 0 bridgehead atoms. The normalized spacial score (nSPS) is 24.8. The first-order valence-electron chi connectivity index (χ1n) is 6.06. The predicted molar refractivity (Wildman–Crippen MR) is 65.4 cm³/mol. The standard InChI is InChI=1S/C13H22N2O/c1-9-8-16-12-7-10(4-5-14)6-11(13(9)12)15(2)3/h8,10-11H,4-7,14H2,1-3H3. The van der Waals surface area contributed by atoms with Gasteiger partial charge in [0.1, 0.15) is 5.76 Å². The molecule has 1 aromatic rings. The van der Waals surface area contributed by atoms with E-state index in [1.54, 1.807) is 0 Å². The van der Waals surface area contributed by atoms with Gasteiger partial charge in [-0.3, -0.25) is 0 Å². The van der Waals surface area contributed by atoms with Crippen LogP contribution in [0.4, 0.5) is 0 Å². The lowest BCUT2D eigenvalue weighted by Gasteiger charge is -2.33. The Kier molecular flexibility index (Phi) is 3.36. The average molecular weight is 222 g/mol. The molecule has 0 saturated carbocycles. The molecule has 2 unspecified atom stereocenters. The molecule has 2 N–H and O–H groups in total. The smallest absolute Gasteiger partial charge is 0.109 e. The topological polar surface area (TPSA) is 42.4 Å². The van der Waals surface area contributed by atoms with Crippen LogP contribution in [0, 0.1) is 12.8 Å². The molecular weight excluding hydrogens is 200 g/mol. The van der Waals surface area contributed by atoms with E-state index in [0.29, 0.717) is 12.0 Å². The van der Waals surface area contributed by atoms with E-state index in [2.05, 4.69) is 25.9 Å². The Balaban J connectivity index is 2.28. The molecule has 90 valence electrons. The van der Waals surface area contributed by atoms with Crippen molar-refractivity contribution < 1.29 is 4.42 Å². The van der Waals surface area contributed by atoms with Gasteiger partial charge in [-0.1, -0.05) is 0 Å². The zero-order chi connectivity index (χ0) is 11.7. The lowest BCUT2D eigenvalue weighted by molar-refractivity contribution is 0.214. The van der Waals surface area contributed by atoms with Gasteiger partial charge in [-0.2, -0.15) is 0 Å². The van der Waals surface area contributed by atoms with E-state index < -0.39 is 0 Å². The molecule has 2 atom stereocenters. The molecule has 2 rings (SSSR count). The number of nitrogens with two attached hydrogens (primary N) is 1. The lowest BCUT2D eigenvalue weighted by Crippen LogP contribution is -2.29. The molecule has 0 aliphatic heterocycles. The summed E-state index contributed by atoms with van der Waals surface area (Å²) < 4.78 is 5.68. The van der Waals surface area contributed by atoms with Crippen molar-refractivity contribution in [1.29, 1.82) is 0 Å². The highest BCUT2D eigenvalue weighted by molar-refractivity contribution is 5.32. The fourth-order valence-electron chi connectivity index (χ4n) is 2.82. The van der Waals surface area contributed by atoms with Gasteiger partial charge in [0.05, 0.1) is 6.26 Å². The Morgan fingerprint density at radius 1 is 1.50 bits per heavy atom. The largest absolute Gasteiger partial charge is 0.469 e. The first kappa shape index (κ1) is 11.7. The second kappa shape index (κ2) is 4.60. The van der Waals surface area contributed by atoms with Crippen LogP contribution in [-0.2, 0) is 6.42 Å². The summed E-state index contributed by atoms with van der Waals surface area (Å²) in [5, 5.41) is 0. The van der Waals surface area contributed by atoms with Crippen LogP contribution in [0.2, 0.25) is 0 Å². The molecule has 16 heavy (non-hydrogen) atoms. The number of hydrogen-bond donors (Lipinski definition) is 1. The van der Waals surface area contributed by atoms with E-state index in [1.807, 2.05) is 6.26 Å². The van der Waals surface area contributed by atoms with Gasteiger partial charge in [-0.15, -0.1) is 0 Å². The molecule has 0 saturated heterocycles. The van der Waals surface area contributed by atoms with Gasteiger partial charge in [0.25, 0.3) is 0 Å². The fourth-order valence-corrected chi connectivity index (χ4v) is 2.82. The summed E-state index contributed by atoms with van der Waals surface area (Å²) in [6.45, 7) is 2.92. The molecule has 1 aliphatic carbocycles. The van der Waals surface area contributed by atoms with Crippen LogP contribution >= 0.6 is 0 Å². The quantitative estimate of drug-likeness (QED) is 0.851. The Bertz CT molecular complexity index is 357. The molecule has 1 aliphatic rings. The van der Waals surface area contributed by atoms with E-state index in [0.717, 1.165) is 19.4 Å². The van der Waals surface area contributed by atoms with Gasteiger partial charge in [0.15, 0.2) is 0 Å². The van der Waals surface area contributed by atoms with Crippen molar-refractivity contribution >= 4 is 0 Å². The van der Waals surface area contributed by atoms with Crippen LogP contribution in [-0.4, -0.2) is 25.5 Å². The average Bonchev–Trinajstić information content (AvgIpc) is 2.60. The fraction of sp³-hybridized carbons (Fsp3) is 0.692. The third-order valence-electron chi connectivity index (χ3n) is 3.67. The molecule has 1 heterocycles. The summed E-state index contributed by atoms with van der Waals surface area (Å²) in [4.78, 5) is 2.30. The van der Waals surface area contributed by atoms with Crippen molar-refractivity contribution in [3.05, 3.63) is 23.2 Å². The maximum atomic E-state index is 5.68. The van der Waals surface area contributed by atoms with Crippen LogP contribution < -0.4 is 5.73 Å². The molecule has 0 fully saturated rings. The zero-order valence-electron chi connectivity index (χ0n) is 10.5.